The zero-order valence-corrected chi connectivity index (χ0v) is 13.9. The van der Waals surface area contributed by atoms with Crippen LogP contribution in [0.15, 0.2) is 58.3 Å². The number of hydrogen-bond acceptors (Lipinski definition) is 4. The number of benzene rings is 2. The van der Waals surface area contributed by atoms with Crippen molar-refractivity contribution in [2.75, 3.05) is 11.5 Å². The Hall–Kier alpha value is -1.92. The summed E-state index contributed by atoms with van der Waals surface area (Å²) in [7, 11) is 0. The van der Waals surface area contributed by atoms with Gasteiger partial charge in [0.05, 0.1) is 11.5 Å². The Labute approximate surface area is 142 Å². The molecule has 0 aliphatic rings. The van der Waals surface area contributed by atoms with E-state index in [1.54, 1.807) is 0 Å². The van der Waals surface area contributed by atoms with Crippen molar-refractivity contribution in [1.29, 1.82) is 0 Å². The van der Waals surface area contributed by atoms with Crippen molar-refractivity contribution in [3.05, 3.63) is 59.7 Å². The predicted molar refractivity (Wildman–Crippen MR) is 92.4 cm³/mol. The highest BCUT2D eigenvalue weighted by molar-refractivity contribution is 8.00. The number of hydrogen-bond donors (Lipinski definition) is 2. The van der Waals surface area contributed by atoms with Gasteiger partial charge >= 0.3 is 11.9 Å². The standard InChI is InChI=1S/C17H16O4S2/c18-16(19)10-22-14-5-1-12(2-6-14)9-13-3-7-15(8-4-13)23-11-17(20)21/h1-8H,9-11H2,(H,18,19)(H,20,21). The van der Waals surface area contributed by atoms with Crippen LogP contribution >= 0.6 is 23.5 Å². The summed E-state index contributed by atoms with van der Waals surface area (Å²) in [5, 5.41) is 17.3. The predicted octanol–water partition coefficient (Wildman–Crippen LogP) is 3.63. The molecule has 0 saturated heterocycles. The molecule has 0 unspecified atom stereocenters. The maximum absolute atomic E-state index is 10.5. The summed E-state index contributed by atoms with van der Waals surface area (Å²) in [6.45, 7) is 0. The van der Waals surface area contributed by atoms with E-state index in [2.05, 4.69) is 0 Å². The quantitative estimate of drug-likeness (QED) is 0.710. The Morgan fingerprint density at radius 3 is 1.35 bits per heavy atom. The molecule has 0 aliphatic carbocycles. The maximum atomic E-state index is 10.5. The number of carboxylic acids is 2. The van der Waals surface area contributed by atoms with Gasteiger partial charge < -0.3 is 10.2 Å². The smallest absolute Gasteiger partial charge is 0.313 e. The van der Waals surface area contributed by atoms with Crippen LogP contribution in [0.2, 0.25) is 0 Å². The molecule has 4 nitrogen and oxygen atoms in total. The average molecular weight is 348 g/mol. The molecular weight excluding hydrogens is 332 g/mol. The molecule has 23 heavy (non-hydrogen) atoms. The Morgan fingerprint density at radius 2 is 1.04 bits per heavy atom. The Bertz CT molecular complexity index is 606. The summed E-state index contributed by atoms with van der Waals surface area (Å²) in [5.74, 6) is -1.51. The molecule has 0 fully saturated rings. The molecular formula is C17H16O4S2. The van der Waals surface area contributed by atoms with Crippen LogP contribution in [0.3, 0.4) is 0 Å². The van der Waals surface area contributed by atoms with E-state index < -0.39 is 11.9 Å². The zero-order valence-electron chi connectivity index (χ0n) is 12.3. The molecule has 2 aromatic rings. The highest BCUT2D eigenvalue weighted by Crippen LogP contribution is 2.21. The highest BCUT2D eigenvalue weighted by atomic mass is 32.2. The van der Waals surface area contributed by atoms with Crippen molar-refractivity contribution >= 4 is 35.5 Å². The zero-order chi connectivity index (χ0) is 16.7. The normalized spacial score (nSPS) is 10.4. The summed E-state index contributed by atoms with van der Waals surface area (Å²) in [5.41, 5.74) is 2.30. The van der Waals surface area contributed by atoms with E-state index in [0.29, 0.717) is 0 Å². The van der Waals surface area contributed by atoms with Gasteiger partial charge in [-0.25, -0.2) is 0 Å². The van der Waals surface area contributed by atoms with E-state index in [4.69, 9.17) is 10.2 Å². The first kappa shape index (κ1) is 17.4. The summed E-state index contributed by atoms with van der Waals surface area (Å²) >= 11 is 2.61. The van der Waals surface area contributed by atoms with Crippen molar-refractivity contribution in [2.45, 2.75) is 16.2 Å². The van der Waals surface area contributed by atoms with Crippen LogP contribution in [-0.2, 0) is 16.0 Å². The van der Waals surface area contributed by atoms with Crippen molar-refractivity contribution in [3.63, 3.8) is 0 Å². The lowest BCUT2D eigenvalue weighted by Gasteiger charge is -2.05. The minimum atomic E-state index is -0.820. The van der Waals surface area contributed by atoms with Gasteiger partial charge in [0, 0.05) is 9.79 Å². The van der Waals surface area contributed by atoms with Crippen molar-refractivity contribution in [2.24, 2.45) is 0 Å². The van der Waals surface area contributed by atoms with Gasteiger partial charge in [-0.3, -0.25) is 9.59 Å². The number of rotatable bonds is 8. The van der Waals surface area contributed by atoms with Gasteiger partial charge in [0.2, 0.25) is 0 Å². The summed E-state index contributed by atoms with van der Waals surface area (Å²) < 4.78 is 0. The van der Waals surface area contributed by atoms with E-state index >= 15 is 0 Å². The van der Waals surface area contributed by atoms with Crippen LogP contribution in [0, 0.1) is 0 Å². The number of aliphatic carboxylic acids is 2. The molecule has 0 atom stereocenters. The van der Waals surface area contributed by atoms with Crippen LogP contribution in [0.4, 0.5) is 0 Å². The SMILES string of the molecule is O=C(O)CSc1ccc(Cc2ccc(SCC(=O)O)cc2)cc1. The van der Waals surface area contributed by atoms with Gasteiger partial charge in [0.1, 0.15) is 0 Å². The molecule has 0 bridgehead atoms. The lowest BCUT2D eigenvalue weighted by Crippen LogP contribution is -1.97. The number of carboxylic acid groups (broad SMARTS) is 2. The molecule has 0 aliphatic heterocycles. The van der Waals surface area contributed by atoms with Crippen LogP contribution in [0.1, 0.15) is 11.1 Å². The van der Waals surface area contributed by atoms with Crippen LogP contribution in [-0.4, -0.2) is 33.7 Å². The summed E-state index contributed by atoms with van der Waals surface area (Å²) in [4.78, 5) is 23.0. The van der Waals surface area contributed by atoms with Gasteiger partial charge in [-0.15, -0.1) is 23.5 Å². The molecule has 0 amide bonds. The summed E-state index contributed by atoms with van der Waals surface area (Å²) in [6.07, 6.45) is 0.785. The minimum absolute atomic E-state index is 0.0643. The molecule has 2 rings (SSSR count). The first-order chi connectivity index (χ1) is 11.0. The molecule has 0 heterocycles. The van der Waals surface area contributed by atoms with Crippen LogP contribution in [0.5, 0.6) is 0 Å². The lowest BCUT2D eigenvalue weighted by atomic mass is 10.1. The Morgan fingerprint density at radius 1 is 0.696 bits per heavy atom. The topological polar surface area (TPSA) is 74.6 Å². The highest BCUT2D eigenvalue weighted by Gasteiger charge is 2.02. The fraction of sp³-hybridized carbons (Fsp3) is 0.176. The monoisotopic (exact) mass is 348 g/mol. The first-order valence-corrected chi connectivity index (χ1v) is 8.87. The van der Waals surface area contributed by atoms with Crippen molar-refractivity contribution in [3.8, 4) is 0 Å². The van der Waals surface area contributed by atoms with Crippen LogP contribution in [0.25, 0.3) is 0 Å². The third-order valence-electron chi connectivity index (χ3n) is 2.98. The Kier molecular flexibility index (Phi) is 6.55. The third kappa shape index (κ3) is 6.38. The third-order valence-corrected chi connectivity index (χ3v) is 4.97. The minimum Gasteiger partial charge on any atom is -0.481 e. The number of carbonyl (C=O) groups is 2. The second kappa shape index (κ2) is 8.64. The molecule has 0 saturated carbocycles. The fourth-order valence-corrected chi connectivity index (χ4v) is 3.17. The molecule has 0 spiro atoms. The van der Waals surface area contributed by atoms with E-state index in [9.17, 15) is 9.59 Å². The first-order valence-electron chi connectivity index (χ1n) is 6.90. The van der Waals surface area contributed by atoms with Crippen LogP contribution < -0.4 is 0 Å². The van der Waals surface area contributed by atoms with Gasteiger partial charge in [-0.1, -0.05) is 24.3 Å². The molecule has 2 N–H and O–H groups in total. The Balaban J connectivity index is 1.91. The molecule has 120 valence electrons. The van der Waals surface area contributed by atoms with E-state index in [-0.39, 0.29) is 11.5 Å². The van der Waals surface area contributed by atoms with Gasteiger partial charge in [-0.05, 0) is 41.8 Å². The van der Waals surface area contributed by atoms with E-state index in [0.717, 1.165) is 27.3 Å². The summed E-state index contributed by atoms with van der Waals surface area (Å²) in [6, 6.07) is 15.7. The van der Waals surface area contributed by atoms with Crippen molar-refractivity contribution in [1.82, 2.24) is 0 Å². The van der Waals surface area contributed by atoms with E-state index in [1.807, 2.05) is 48.5 Å². The maximum Gasteiger partial charge on any atom is 0.313 e. The van der Waals surface area contributed by atoms with Gasteiger partial charge in [0.25, 0.3) is 0 Å². The van der Waals surface area contributed by atoms with E-state index in [1.165, 1.54) is 23.5 Å². The van der Waals surface area contributed by atoms with Gasteiger partial charge in [0.15, 0.2) is 0 Å². The second-order valence-electron chi connectivity index (χ2n) is 4.83. The molecule has 2 aromatic carbocycles. The average Bonchev–Trinajstić information content (AvgIpc) is 2.53. The van der Waals surface area contributed by atoms with Crippen molar-refractivity contribution < 1.29 is 19.8 Å². The molecule has 6 heteroatoms. The largest absolute Gasteiger partial charge is 0.481 e. The lowest BCUT2D eigenvalue weighted by molar-refractivity contribution is -0.134. The second-order valence-corrected chi connectivity index (χ2v) is 6.93. The molecule has 0 aromatic heterocycles. The fourth-order valence-electron chi connectivity index (χ4n) is 1.93. The molecule has 0 radical (unpaired) electrons. The van der Waals surface area contributed by atoms with Gasteiger partial charge in [-0.2, -0.15) is 0 Å². The number of thioether (sulfide) groups is 2.